The molecule has 5 heteroatoms. The molecular formula is C12H17N3O2. The van der Waals surface area contributed by atoms with Crippen LogP contribution in [0.2, 0.25) is 0 Å². The monoisotopic (exact) mass is 235 g/mol. The number of amides is 1. The number of aryl methyl sites for hydroxylation is 2. The van der Waals surface area contributed by atoms with Crippen LogP contribution in [-0.2, 0) is 4.79 Å². The molecule has 0 aromatic carbocycles. The zero-order chi connectivity index (χ0) is 12.4. The van der Waals surface area contributed by atoms with E-state index in [0.29, 0.717) is 24.0 Å². The molecule has 1 aliphatic carbocycles. The van der Waals surface area contributed by atoms with E-state index in [0.717, 1.165) is 11.4 Å². The molecule has 0 aliphatic heterocycles. The van der Waals surface area contributed by atoms with E-state index in [1.54, 1.807) is 0 Å². The van der Waals surface area contributed by atoms with Gasteiger partial charge >= 0.3 is 6.01 Å². The van der Waals surface area contributed by atoms with Gasteiger partial charge in [0.1, 0.15) is 0 Å². The lowest BCUT2D eigenvalue weighted by molar-refractivity contribution is -0.116. The van der Waals surface area contributed by atoms with Crippen molar-refractivity contribution in [3.8, 4) is 6.01 Å². The van der Waals surface area contributed by atoms with Crippen LogP contribution in [0.15, 0.2) is 0 Å². The highest BCUT2D eigenvalue weighted by Gasteiger charge is 2.25. The molecule has 1 amide bonds. The number of rotatable bonds is 4. The molecule has 1 aliphatic rings. The fourth-order valence-electron chi connectivity index (χ4n) is 1.73. The summed E-state index contributed by atoms with van der Waals surface area (Å²) in [5.41, 5.74) is 2.17. The molecule has 1 N–H and O–H groups in total. The first-order chi connectivity index (χ1) is 8.10. The van der Waals surface area contributed by atoms with Crippen molar-refractivity contribution >= 4 is 11.6 Å². The van der Waals surface area contributed by atoms with Gasteiger partial charge in [-0.3, -0.25) is 4.79 Å². The molecule has 1 heterocycles. The minimum Gasteiger partial charge on any atom is -0.467 e. The zero-order valence-corrected chi connectivity index (χ0v) is 10.4. The van der Waals surface area contributed by atoms with Crippen LogP contribution in [0.3, 0.4) is 0 Å². The van der Waals surface area contributed by atoms with Crippen LogP contribution in [-0.4, -0.2) is 23.0 Å². The quantitative estimate of drug-likeness (QED) is 0.864. The van der Waals surface area contributed by atoms with E-state index in [9.17, 15) is 4.79 Å². The highest BCUT2D eigenvalue weighted by molar-refractivity contribution is 5.92. The maximum absolute atomic E-state index is 11.7. The smallest absolute Gasteiger partial charge is 0.316 e. The van der Waals surface area contributed by atoms with E-state index < -0.39 is 0 Å². The summed E-state index contributed by atoms with van der Waals surface area (Å²) in [6.45, 7) is 3.67. The van der Waals surface area contributed by atoms with Crippen LogP contribution in [0.5, 0.6) is 6.01 Å². The molecule has 0 unspecified atom stereocenters. The van der Waals surface area contributed by atoms with E-state index in [4.69, 9.17) is 4.74 Å². The Balaban J connectivity index is 2.11. The van der Waals surface area contributed by atoms with Crippen LogP contribution in [0, 0.1) is 19.8 Å². The van der Waals surface area contributed by atoms with Gasteiger partial charge in [-0.2, -0.15) is 9.97 Å². The second-order valence-electron chi connectivity index (χ2n) is 4.45. The first-order valence-electron chi connectivity index (χ1n) is 5.79. The van der Waals surface area contributed by atoms with E-state index >= 15 is 0 Å². The van der Waals surface area contributed by atoms with Gasteiger partial charge in [-0.25, -0.2) is 0 Å². The average molecular weight is 235 g/mol. The fraction of sp³-hybridized carbons (Fsp3) is 0.583. The number of anilines is 1. The Morgan fingerprint density at radius 3 is 2.41 bits per heavy atom. The number of hydrogen-bond donors (Lipinski definition) is 1. The SMILES string of the molecule is COc1nc(C)c(NC(=O)CC2CC2)c(C)n1. The summed E-state index contributed by atoms with van der Waals surface area (Å²) in [6, 6.07) is 0.334. The van der Waals surface area contributed by atoms with Gasteiger partial charge in [-0.05, 0) is 32.6 Å². The number of ether oxygens (including phenoxy) is 1. The Hall–Kier alpha value is -1.65. The number of carbonyl (C=O) groups is 1. The van der Waals surface area contributed by atoms with Gasteiger partial charge in [0, 0.05) is 6.42 Å². The molecule has 0 bridgehead atoms. The lowest BCUT2D eigenvalue weighted by Crippen LogP contribution is -2.15. The van der Waals surface area contributed by atoms with Crippen molar-refractivity contribution in [3.63, 3.8) is 0 Å². The predicted molar refractivity (Wildman–Crippen MR) is 64.0 cm³/mol. The van der Waals surface area contributed by atoms with Gasteiger partial charge in [0.15, 0.2) is 0 Å². The maximum atomic E-state index is 11.7. The largest absolute Gasteiger partial charge is 0.467 e. The van der Waals surface area contributed by atoms with Crippen molar-refractivity contribution in [1.29, 1.82) is 0 Å². The summed E-state index contributed by atoms with van der Waals surface area (Å²) in [7, 11) is 1.53. The van der Waals surface area contributed by atoms with Gasteiger partial charge in [0.2, 0.25) is 5.91 Å². The Kier molecular flexibility index (Phi) is 3.26. The lowest BCUT2D eigenvalue weighted by Gasteiger charge is -2.11. The molecule has 1 aromatic heterocycles. The summed E-state index contributed by atoms with van der Waals surface area (Å²) >= 11 is 0. The molecule has 0 spiro atoms. The maximum Gasteiger partial charge on any atom is 0.316 e. The predicted octanol–water partition coefficient (Wildman–Crippen LogP) is 1.84. The van der Waals surface area contributed by atoms with Crippen molar-refractivity contribution < 1.29 is 9.53 Å². The normalized spacial score (nSPS) is 14.5. The Bertz CT molecular complexity index is 418. The Morgan fingerprint density at radius 1 is 1.35 bits per heavy atom. The molecule has 1 saturated carbocycles. The minimum absolute atomic E-state index is 0.0486. The second-order valence-corrected chi connectivity index (χ2v) is 4.45. The summed E-state index contributed by atoms with van der Waals surface area (Å²) in [4.78, 5) is 20.0. The minimum atomic E-state index is 0.0486. The lowest BCUT2D eigenvalue weighted by atomic mass is 10.2. The number of hydrogen-bond acceptors (Lipinski definition) is 4. The Morgan fingerprint density at radius 2 is 1.94 bits per heavy atom. The van der Waals surface area contributed by atoms with Crippen molar-refractivity contribution in [2.75, 3.05) is 12.4 Å². The summed E-state index contributed by atoms with van der Waals surface area (Å²) in [5, 5.41) is 2.88. The van der Waals surface area contributed by atoms with Crippen LogP contribution in [0.1, 0.15) is 30.7 Å². The first-order valence-corrected chi connectivity index (χ1v) is 5.79. The zero-order valence-electron chi connectivity index (χ0n) is 10.4. The van der Waals surface area contributed by atoms with Crippen molar-refractivity contribution in [2.45, 2.75) is 33.1 Å². The molecular weight excluding hydrogens is 218 g/mol. The summed E-state index contributed by atoms with van der Waals surface area (Å²) in [6.07, 6.45) is 2.94. The fourth-order valence-corrected chi connectivity index (χ4v) is 1.73. The van der Waals surface area contributed by atoms with Gasteiger partial charge in [-0.15, -0.1) is 0 Å². The van der Waals surface area contributed by atoms with E-state index in [2.05, 4.69) is 15.3 Å². The van der Waals surface area contributed by atoms with Crippen LogP contribution < -0.4 is 10.1 Å². The van der Waals surface area contributed by atoms with Gasteiger partial charge in [0.25, 0.3) is 0 Å². The van der Waals surface area contributed by atoms with Crippen LogP contribution in [0.4, 0.5) is 5.69 Å². The highest BCUT2D eigenvalue weighted by Crippen LogP contribution is 2.32. The number of nitrogens with one attached hydrogen (secondary N) is 1. The summed E-state index contributed by atoms with van der Waals surface area (Å²) in [5.74, 6) is 0.627. The van der Waals surface area contributed by atoms with E-state index in [1.165, 1.54) is 20.0 Å². The molecule has 2 rings (SSSR count). The van der Waals surface area contributed by atoms with Gasteiger partial charge in [0.05, 0.1) is 24.2 Å². The third kappa shape index (κ3) is 2.93. The van der Waals surface area contributed by atoms with E-state index in [1.807, 2.05) is 13.8 Å². The topological polar surface area (TPSA) is 64.1 Å². The molecule has 0 radical (unpaired) electrons. The van der Waals surface area contributed by atoms with E-state index in [-0.39, 0.29) is 5.91 Å². The molecule has 5 nitrogen and oxygen atoms in total. The number of nitrogens with zero attached hydrogens (tertiary/aromatic N) is 2. The number of aromatic nitrogens is 2. The van der Waals surface area contributed by atoms with Crippen LogP contribution >= 0.6 is 0 Å². The number of methoxy groups -OCH3 is 1. The average Bonchev–Trinajstić information content (AvgIpc) is 3.07. The molecule has 1 aromatic rings. The number of carbonyl (C=O) groups excluding carboxylic acids is 1. The first kappa shape index (κ1) is 11.8. The van der Waals surface area contributed by atoms with Gasteiger partial charge < -0.3 is 10.1 Å². The Labute approximate surface area is 101 Å². The molecule has 1 fully saturated rings. The van der Waals surface area contributed by atoms with Crippen LogP contribution in [0.25, 0.3) is 0 Å². The van der Waals surface area contributed by atoms with Crippen molar-refractivity contribution in [2.24, 2.45) is 5.92 Å². The summed E-state index contributed by atoms with van der Waals surface area (Å²) < 4.78 is 4.98. The van der Waals surface area contributed by atoms with Gasteiger partial charge in [-0.1, -0.05) is 0 Å². The van der Waals surface area contributed by atoms with Crippen molar-refractivity contribution in [3.05, 3.63) is 11.4 Å². The third-order valence-electron chi connectivity index (χ3n) is 2.87. The standard InChI is InChI=1S/C12H17N3O2/c1-7-11(8(2)14-12(13-7)17-3)15-10(16)6-9-4-5-9/h9H,4-6H2,1-3H3,(H,15,16). The van der Waals surface area contributed by atoms with Crippen molar-refractivity contribution in [1.82, 2.24) is 9.97 Å². The second kappa shape index (κ2) is 4.69. The molecule has 0 atom stereocenters. The molecule has 0 saturated heterocycles. The highest BCUT2D eigenvalue weighted by atomic mass is 16.5. The molecule has 17 heavy (non-hydrogen) atoms. The third-order valence-corrected chi connectivity index (χ3v) is 2.87. The molecule has 92 valence electrons.